The van der Waals surface area contributed by atoms with Crippen LogP contribution < -0.4 is 25.0 Å². The predicted octanol–water partition coefficient (Wildman–Crippen LogP) is 2.38. The van der Waals surface area contributed by atoms with Gasteiger partial charge in [0.25, 0.3) is 5.91 Å². The van der Waals surface area contributed by atoms with Gasteiger partial charge in [0, 0.05) is 12.1 Å². The number of hydrogen-bond acceptors (Lipinski definition) is 9. The second-order valence-electron chi connectivity index (χ2n) is 8.10. The van der Waals surface area contributed by atoms with Crippen LogP contribution in [0, 0.1) is 0 Å². The van der Waals surface area contributed by atoms with E-state index in [0.717, 1.165) is 22.6 Å². The van der Waals surface area contributed by atoms with Crippen molar-refractivity contribution in [2.75, 3.05) is 37.0 Å². The number of hydrogen-bond donors (Lipinski definition) is 2. The topological polar surface area (TPSA) is 128 Å². The molecule has 0 radical (unpaired) electrons. The molecule has 0 saturated carbocycles. The molecule has 180 valence electrons. The van der Waals surface area contributed by atoms with Crippen LogP contribution in [0.4, 0.5) is 16.4 Å². The van der Waals surface area contributed by atoms with Crippen molar-refractivity contribution >= 4 is 23.6 Å². The lowest BCUT2D eigenvalue weighted by Gasteiger charge is -2.19. The Labute approximate surface area is 201 Å². The molecule has 2 N–H and O–H groups in total. The molecular formula is C24H24N6O5. The lowest BCUT2D eigenvalue weighted by atomic mass is 10.1. The first-order valence-corrected chi connectivity index (χ1v) is 11.2. The maximum absolute atomic E-state index is 12.4. The zero-order valence-corrected chi connectivity index (χ0v) is 19.1. The van der Waals surface area contributed by atoms with E-state index in [1.807, 2.05) is 30.3 Å². The molecule has 1 fully saturated rings. The number of cyclic esters (lactones) is 1. The van der Waals surface area contributed by atoms with Crippen molar-refractivity contribution in [3.63, 3.8) is 0 Å². The number of nitrogens with zero attached hydrogens (tertiary/aromatic N) is 4. The molecule has 11 nitrogen and oxygen atoms in total. The molecule has 3 aromatic rings. The van der Waals surface area contributed by atoms with Crippen LogP contribution in [0.25, 0.3) is 11.1 Å². The highest BCUT2D eigenvalue weighted by molar-refractivity contribution is 5.95. The lowest BCUT2D eigenvalue weighted by Crippen LogP contribution is -2.29. The smallest absolute Gasteiger partial charge is 0.415 e. The Morgan fingerprint density at radius 3 is 3.00 bits per heavy atom. The van der Waals surface area contributed by atoms with E-state index in [0.29, 0.717) is 43.4 Å². The molecule has 11 heteroatoms. The van der Waals surface area contributed by atoms with Gasteiger partial charge < -0.3 is 24.8 Å². The molecular weight excluding hydrogens is 452 g/mol. The first kappa shape index (κ1) is 22.5. The summed E-state index contributed by atoms with van der Waals surface area (Å²) in [5, 5.41) is 14.3. The fourth-order valence-electron chi connectivity index (χ4n) is 3.90. The van der Waals surface area contributed by atoms with E-state index in [-0.39, 0.29) is 18.6 Å². The number of aromatic nitrogens is 3. The minimum absolute atomic E-state index is 0.0499. The third-order valence-corrected chi connectivity index (χ3v) is 5.67. The number of amides is 2. The summed E-state index contributed by atoms with van der Waals surface area (Å²) in [6, 6.07) is 13.1. The molecule has 2 aliphatic heterocycles. The maximum Gasteiger partial charge on any atom is 0.415 e. The Morgan fingerprint density at radius 2 is 2.11 bits per heavy atom. The molecule has 2 aliphatic rings. The van der Waals surface area contributed by atoms with Gasteiger partial charge in [-0.2, -0.15) is 10.2 Å². The van der Waals surface area contributed by atoms with Crippen LogP contribution in [0.2, 0.25) is 0 Å². The van der Waals surface area contributed by atoms with E-state index in [4.69, 9.17) is 14.2 Å². The van der Waals surface area contributed by atoms with Crippen LogP contribution in [0.1, 0.15) is 12.1 Å². The van der Waals surface area contributed by atoms with E-state index >= 15 is 0 Å². The second kappa shape index (κ2) is 9.94. The first-order valence-electron chi connectivity index (χ1n) is 11.2. The predicted molar refractivity (Wildman–Crippen MR) is 126 cm³/mol. The fraction of sp³-hybridized carbons (Fsp3) is 0.292. The van der Waals surface area contributed by atoms with Gasteiger partial charge in [-0.3, -0.25) is 9.69 Å². The van der Waals surface area contributed by atoms with Gasteiger partial charge in [0.2, 0.25) is 0 Å². The highest BCUT2D eigenvalue weighted by Gasteiger charge is 2.33. The molecule has 0 aliphatic carbocycles. The lowest BCUT2D eigenvalue weighted by molar-refractivity contribution is -0.118. The standard InChI is InChI=1S/C24H24N6O5/c1-33-18-4-2-3-15(10-18)16-9-17(29-26-11-16)12-25-8-7-19-13-30(24(32)35-19)21-6-5-20-23(27-21)28-22(31)14-34-20/h2-6,9-11,19,25H,7-8,12-14H2,1H3,(H,27,28,31). The Balaban J connectivity index is 1.13. The van der Waals surface area contributed by atoms with Crippen molar-refractivity contribution in [1.82, 2.24) is 20.5 Å². The minimum Gasteiger partial charge on any atom is -0.497 e. The Hall–Kier alpha value is -4.25. The fourth-order valence-corrected chi connectivity index (χ4v) is 3.90. The summed E-state index contributed by atoms with van der Waals surface area (Å²) in [7, 11) is 1.64. The molecule has 2 amide bonds. The highest BCUT2D eigenvalue weighted by atomic mass is 16.6. The average molecular weight is 476 g/mol. The first-order chi connectivity index (χ1) is 17.1. The van der Waals surface area contributed by atoms with Gasteiger partial charge in [-0.1, -0.05) is 12.1 Å². The van der Waals surface area contributed by atoms with Crippen molar-refractivity contribution in [3.8, 4) is 22.6 Å². The van der Waals surface area contributed by atoms with E-state index in [1.165, 1.54) is 4.90 Å². The third kappa shape index (κ3) is 5.14. The van der Waals surface area contributed by atoms with E-state index < -0.39 is 6.09 Å². The number of rotatable bonds is 8. The zero-order chi connectivity index (χ0) is 24.2. The second-order valence-corrected chi connectivity index (χ2v) is 8.10. The van der Waals surface area contributed by atoms with Crippen molar-refractivity contribution in [1.29, 1.82) is 0 Å². The normalized spacial score (nSPS) is 16.8. The Morgan fingerprint density at radius 1 is 1.20 bits per heavy atom. The number of benzene rings is 1. The monoisotopic (exact) mass is 476 g/mol. The number of pyridine rings is 1. The summed E-state index contributed by atoms with van der Waals surface area (Å²) in [6.07, 6.45) is 1.59. The Kier molecular flexibility index (Phi) is 6.40. The quantitative estimate of drug-likeness (QED) is 0.471. The van der Waals surface area contributed by atoms with Crippen molar-refractivity contribution in [3.05, 3.63) is 54.4 Å². The summed E-state index contributed by atoms with van der Waals surface area (Å²) < 4.78 is 16.1. The molecule has 4 heterocycles. The number of ether oxygens (including phenoxy) is 3. The van der Waals surface area contributed by atoms with E-state index in [2.05, 4.69) is 25.8 Å². The number of methoxy groups -OCH3 is 1. The third-order valence-electron chi connectivity index (χ3n) is 5.67. The van der Waals surface area contributed by atoms with Crippen molar-refractivity contribution in [2.24, 2.45) is 0 Å². The molecule has 0 spiro atoms. The molecule has 1 unspecified atom stereocenters. The van der Waals surface area contributed by atoms with E-state index in [1.54, 1.807) is 25.4 Å². The van der Waals surface area contributed by atoms with E-state index in [9.17, 15) is 9.59 Å². The number of fused-ring (bicyclic) bond motifs is 1. The van der Waals surface area contributed by atoms with Crippen LogP contribution in [-0.4, -0.2) is 60.1 Å². The minimum atomic E-state index is -0.470. The largest absolute Gasteiger partial charge is 0.497 e. The van der Waals surface area contributed by atoms with Crippen LogP contribution in [0.15, 0.2) is 48.7 Å². The summed E-state index contributed by atoms with van der Waals surface area (Å²) in [5.41, 5.74) is 2.76. The molecule has 35 heavy (non-hydrogen) atoms. The summed E-state index contributed by atoms with van der Waals surface area (Å²) in [5.74, 6) is 1.67. The van der Waals surface area contributed by atoms with Gasteiger partial charge in [-0.05, 0) is 48.9 Å². The molecule has 0 bridgehead atoms. The number of carbonyl (C=O) groups excluding carboxylic acids is 2. The zero-order valence-electron chi connectivity index (χ0n) is 19.1. The summed E-state index contributed by atoms with van der Waals surface area (Å²) in [4.78, 5) is 29.7. The average Bonchev–Trinajstić information content (AvgIpc) is 3.26. The van der Waals surface area contributed by atoms with Gasteiger partial charge >= 0.3 is 6.09 Å². The van der Waals surface area contributed by atoms with Crippen molar-refractivity contribution < 1.29 is 23.8 Å². The summed E-state index contributed by atoms with van der Waals surface area (Å²) in [6.45, 7) is 1.47. The van der Waals surface area contributed by atoms with Crippen LogP contribution in [-0.2, 0) is 16.1 Å². The molecule has 5 rings (SSSR count). The van der Waals surface area contributed by atoms with Crippen LogP contribution in [0.5, 0.6) is 11.5 Å². The van der Waals surface area contributed by atoms with Gasteiger partial charge in [-0.25, -0.2) is 9.78 Å². The number of nitrogens with one attached hydrogen (secondary N) is 2. The Bertz CT molecular complexity index is 1250. The van der Waals surface area contributed by atoms with Gasteiger partial charge in [0.1, 0.15) is 17.7 Å². The van der Waals surface area contributed by atoms with Gasteiger partial charge in [-0.15, -0.1) is 0 Å². The molecule has 1 saturated heterocycles. The van der Waals surface area contributed by atoms with Crippen LogP contribution in [0.3, 0.4) is 0 Å². The number of anilines is 2. The highest BCUT2D eigenvalue weighted by Crippen LogP contribution is 2.30. The SMILES string of the molecule is COc1cccc(-c2cnnc(CNCCC3CN(c4ccc5c(n4)NC(=O)CO5)C(=O)O3)c2)c1. The molecule has 1 atom stereocenters. The van der Waals surface area contributed by atoms with Crippen molar-refractivity contribution in [2.45, 2.75) is 19.1 Å². The van der Waals surface area contributed by atoms with Crippen LogP contribution >= 0.6 is 0 Å². The molecule has 2 aromatic heterocycles. The number of carbonyl (C=O) groups is 2. The summed E-state index contributed by atoms with van der Waals surface area (Å²) >= 11 is 0. The molecule has 1 aromatic carbocycles. The van der Waals surface area contributed by atoms with Gasteiger partial charge in [0.15, 0.2) is 18.2 Å². The maximum atomic E-state index is 12.4. The van der Waals surface area contributed by atoms with Gasteiger partial charge in [0.05, 0.1) is 25.5 Å².